The molecule has 0 unspecified atom stereocenters. The van der Waals surface area contributed by atoms with Crippen molar-refractivity contribution in [2.75, 3.05) is 5.75 Å². The molecule has 1 aromatic rings. The first-order valence-corrected chi connectivity index (χ1v) is 7.33. The van der Waals surface area contributed by atoms with Gasteiger partial charge in [0.05, 0.1) is 5.75 Å². The van der Waals surface area contributed by atoms with Crippen LogP contribution >= 0.6 is 11.8 Å². The molecule has 1 rings (SSSR count). The number of amides is 1. The number of aromatic amines is 1. The van der Waals surface area contributed by atoms with E-state index in [-0.39, 0.29) is 22.8 Å². The quantitative estimate of drug-likeness (QED) is 0.637. The summed E-state index contributed by atoms with van der Waals surface area (Å²) in [5.74, 6) is 0.177. The van der Waals surface area contributed by atoms with Crippen molar-refractivity contribution in [3.63, 3.8) is 0 Å². The number of carbonyl (C=O) groups excluding carboxylic acids is 1. The SMILES string of the molecule is CCCc1cc(=O)[nH]c(SCC(=O)NC(C)(C)C)n1. The smallest absolute Gasteiger partial charge is 0.251 e. The van der Waals surface area contributed by atoms with Crippen molar-refractivity contribution >= 4 is 17.7 Å². The number of nitrogens with zero attached hydrogens (tertiary/aromatic N) is 1. The van der Waals surface area contributed by atoms with E-state index in [0.717, 1.165) is 18.5 Å². The lowest BCUT2D eigenvalue weighted by molar-refractivity contribution is -0.119. The van der Waals surface area contributed by atoms with Crippen LogP contribution in [0, 0.1) is 0 Å². The molecule has 0 aliphatic carbocycles. The van der Waals surface area contributed by atoms with Crippen LogP contribution in [-0.2, 0) is 11.2 Å². The molecule has 0 saturated carbocycles. The molecule has 6 heteroatoms. The van der Waals surface area contributed by atoms with Gasteiger partial charge in [0.15, 0.2) is 5.16 Å². The van der Waals surface area contributed by atoms with Crippen molar-refractivity contribution in [2.45, 2.75) is 51.2 Å². The molecule has 0 bridgehead atoms. The third-order valence-corrected chi connectivity index (χ3v) is 3.01. The maximum Gasteiger partial charge on any atom is 0.251 e. The largest absolute Gasteiger partial charge is 0.351 e. The second-order valence-corrected chi connectivity index (χ2v) is 6.34. The highest BCUT2D eigenvalue weighted by Gasteiger charge is 2.14. The summed E-state index contributed by atoms with van der Waals surface area (Å²) in [5, 5.41) is 3.36. The summed E-state index contributed by atoms with van der Waals surface area (Å²) in [6.45, 7) is 7.82. The Kier molecular flexibility index (Phi) is 5.60. The topological polar surface area (TPSA) is 74.8 Å². The van der Waals surface area contributed by atoms with Gasteiger partial charge in [-0.3, -0.25) is 9.59 Å². The van der Waals surface area contributed by atoms with Crippen molar-refractivity contribution in [3.8, 4) is 0 Å². The molecule has 1 amide bonds. The van der Waals surface area contributed by atoms with Crippen molar-refractivity contribution in [2.24, 2.45) is 0 Å². The lowest BCUT2D eigenvalue weighted by atomic mass is 10.1. The highest BCUT2D eigenvalue weighted by Crippen LogP contribution is 2.12. The third kappa shape index (κ3) is 6.42. The number of H-pyrrole nitrogens is 1. The van der Waals surface area contributed by atoms with Gasteiger partial charge >= 0.3 is 0 Å². The molecule has 1 aromatic heterocycles. The summed E-state index contributed by atoms with van der Waals surface area (Å²) >= 11 is 1.24. The fourth-order valence-corrected chi connectivity index (χ4v) is 2.22. The van der Waals surface area contributed by atoms with Gasteiger partial charge in [0.1, 0.15) is 0 Å². The Morgan fingerprint density at radius 2 is 2.16 bits per heavy atom. The van der Waals surface area contributed by atoms with Crippen LogP contribution in [0.1, 0.15) is 39.8 Å². The van der Waals surface area contributed by atoms with Crippen LogP contribution in [0.2, 0.25) is 0 Å². The van der Waals surface area contributed by atoms with E-state index < -0.39 is 0 Å². The van der Waals surface area contributed by atoms with Crippen molar-refractivity contribution < 1.29 is 4.79 Å². The molecule has 0 aromatic carbocycles. The van der Waals surface area contributed by atoms with E-state index in [1.165, 1.54) is 17.8 Å². The average molecular weight is 283 g/mol. The van der Waals surface area contributed by atoms with Crippen LogP contribution in [0.3, 0.4) is 0 Å². The van der Waals surface area contributed by atoms with Gasteiger partial charge < -0.3 is 10.3 Å². The summed E-state index contributed by atoms with van der Waals surface area (Å²) in [4.78, 5) is 30.1. The number of hydrogen-bond donors (Lipinski definition) is 2. The molecular formula is C13H21N3O2S. The summed E-state index contributed by atoms with van der Waals surface area (Å²) in [6.07, 6.45) is 1.71. The van der Waals surface area contributed by atoms with Gasteiger partial charge in [-0.2, -0.15) is 0 Å². The van der Waals surface area contributed by atoms with Crippen LogP contribution in [-0.4, -0.2) is 27.2 Å². The number of nitrogens with one attached hydrogen (secondary N) is 2. The minimum atomic E-state index is -0.247. The molecule has 0 fully saturated rings. The minimum absolute atomic E-state index is 0.0685. The molecule has 2 N–H and O–H groups in total. The summed E-state index contributed by atoms with van der Waals surface area (Å²) in [5.41, 5.74) is 0.352. The Hall–Kier alpha value is -1.30. The molecule has 0 aliphatic rings. The molecular weight excluding hydrogens is 262 g/mol. The minimum Gasteiger partial charge on any atom is -0.351 e. The molecule has 0 saturated heterocycles. The van der Waals surface area contributed by atoms with Gasteiger partial charge in [-0.15, -0.1) is 0 Å². The number of aromatic nitrogens is 2. The molecule has 5 nitrogen and oxygen atoms in total. The molecule has 0 spiro atoms. The standard InChI is InChI=1S/C13H21N3O2S/c1-5-6-9-7-10(17)15-12(14-9)19-8-11(18)16-13(2,3)4/h7H,5-6,8H2,1-4H3,(H,16,18)(H,14,15,17). The molecule has 1 heterocycles. The average Bonchev–Trinajstić information content (AvgIpc) is 2.24. The van der Waals surface area contributed by atoms with E-state index in [2.05, 4.69) is 15.3 Å². The number of rotatable bonds is 5. The first kappa shape index (κ1) is 15.8. The number of aryl methyl sites for hydroxylation is 1. The van der Waals surface area contributed by atoms with Gasteiger partial charge in [0.2, 0.25) is 5.91 Å². The van der Waals surface area contributed by atoms with Gasteiger partial charge in [0.25, 0.3) is 5.56 Å². The van der Waals surface area contributed by atoms with Gasteiger partial charge in [0, 0.05) is 17.3 Å². The fourth-order valence-electron chi connectivity index (χ4n) is 1.52. The zero-order valence-corrected chi connectivity index (χ0v) is 12.7. The van der Waals surface area contributed by atoms with E-state index in [1.807, 2.05) is 27.7 Å². The van der Waals surface area contributed by atoms with Gasteiger partial charge in [-0.1, -0.05) is 25.1 Å². The number of hydrogen-bond acceptors (Lipinski definition) is 4. The maximum absolute atomic E-state index is 11.7. The van der Waals surface area contributed by atoms with E-state index >= 15 is 0 Å². The Morgan fingerprint density at radius 1 is 1.47 bits per heavy atom. The van der Waals surface area contributed by atoms with Crippen LogP contribution in [0.15, 0.2) is 16.0 Å². The monoisotopic (exact) mass is 283 g/mol. The zero-order valence-electron chi connectivity index (χ0n) is 11.9. The van der Waals surface area contributed by atoms with E-state index in [4.69, 9.17) is 0 Å². The summed E-state index contributed by atoms with van der Waals surface area (Å²) in [7, 11) is 0. The normalized spacial score (nSPS) is 11.4. The third-order valence-electron chi connectivity index (χ3n) is 2.13. The molecule has 106 valence electrons. The zero-order chi connectivity index (χ0) is 14.5. The van der Waals surface area contributed by atoms with Crippen LogP contribution in [0.4, 0.5) is 0 Å². The van der Waals surface area contributed by atoms with Crippen molar-refractivity contribution in [1.29, 1.82) is 0 Å². The fraction of sp³-hybridized carbons (Fsp3) is 0.615. The van der Waals surface area contributed by atoms with E-state index in [0.29, 0.717) is 5.16 Å². The number of carbonyl (C=O) groups is 1. The predicted molar refractivity (Wildman–Crippen MR) is 77.5 cm³/mol. The predicted octanol–water partition coefficient (Wildman–Crippen LogP) is 1.73. The number of thioether (sulfide) groups is 1. The van der Waals surface area contributed by atoms with Gasteiger partial charge in [-0.05, 0) is 27.2 Å². The Balaban J connectivity index is 2.62. The van der Waals surface area contributed by atoms with Gasteiger partial charge in [-0.25, -0.2) is 4.98 Å². The molecule has 0 aliphatic heterocycles. The van der Waals surface area contributed by atoms with Crippen LogP contribution in [0.25, 0.3) is 0 Å². The first-order chi connectivity index (χ1) is 8.80. The molecule has 19 heavy (non-hydrogen) atoms. The second-order valence-electron chi connectivity index (χ2n) is 5.38. The Morgan fingerprint density at radius 3 is 2.74 bits per heavy atom. The highest BCUT2D eigenvalue weighted by molar-refractivity contribution is 7.99. The molecule has 0 radical (unpaired) electrons. The highest BCUT2D eigenvalue weighted by atomic mass is 32.2. The summed E-state index contributed by atoms with van der Waals surface area (Å²) < 4.78 is 0. The van der Waals surface area contributed by atoms with E-state index in [1.54, 1.807) is 0 Å². The lowest BCUT2D eigenvalue weighted by Crippen LogP contribution is -2.41. The van der Waals surface area contributed by atoms with Crippen molar-refractivity contribution in [1.82, 2.24) is 15.3 Å². The molecule has 0 atom stereocenters. The Labute approximate surface area is 117 Å². The first-order valence-electron chi connectivity index (χ1n) is 6.34. The second kappa shape index (κ2) is 6.75. The summed E-state index contributed by atoms with van der Waals surface area (Å²) in [6, 6.07) is 1.50. The van der Waals surface area contributed by atoms with Crippen LogP contribution in [0.5, 0.6) is 0 Å². The Bertz CT molecular complexity index is 491. The van der Waals surface area contributed by atoms with E-state index in [9.17, 15) is 9.59 Å². The lowest BCUT2D eigenvalue weighted by Gasteiger charge is -2.20. The maximum atomic E-state index is 11.7. The van der Waals surface area contributed by atoms with Crippen LogP contribution < -0.4 is 10.9 Å². The van der Waals surface area contributed by atoms with Crippen molar-refractivity contribution in [3.05, 3.63) is 22.1 Å².